The van der Waals surface area contributed by atoms with Gasteiger partial charge < -0.3 is 4.90 Å². The van der Waals surface area contributed by atoms with E-state index < -0.39 is 0 Å². The molecular weight excluding hydrogens is 383 g/mol. The number of rotatable bonds is 2. The molecule has 0 saturated carbocycles. The highest BCUT2D eigenvalue weighted by Gasteiger charge is 2.24. The summed E-state index contributed by atoms with van der Waals surface area (Å²) in [5.41, 5.74) is 4.05. The van der Waals surface area contributed by atoms with Crippen molar-refractivity contribution in [2.75, 3.05) is 24.4 Å². The van der Waals surface area contributed by atoms with Crippen molar-refractivity contribution in [1.29, 1.82) is 0 Å². The highest BCUT2D eigenvalue weighted by atomic mass is 79.9. The summed E-state index contributed by atoms with van der Waals surface area (Å²) < 4.78 is 1.02. The minimum absolute atomic E-state index is 0.168. The van der Waals surface area contributed by atoms with E-state index in [1.165, 1.54) is 0 Å². The van der Waals surface area contributed by atoms with Gasteiger partial charge in [-0.2, -0.15) is 0 Å². The fourth-order valence-electron chi connectivity index (χ4n) is 2.64. The van der Waals surface area contributed by atoms with Gasteiger partial charge in [0.05, 0.1) is 18.3 Å². The fraction of sp³-hybridized carbons (Fsp3) is 0.235. The van der Waals surface area contributed by atoms with Crippen LogP contribution < -0.4 is 4.90 Å². The molecule has 0 spiro atoms. The van der Waals surface area contributed by atoms with Crippen molar-refractivity contribution >= 4 is 50.5 Å². The van der Waals surface area contributed by atoms with Crippen molar-refractivity contribution in [3.05, 3.63) is 63.1 Å². The summed E-state index contributed by atoms with van der Waals surface area (Å²) in [7, 11) is 2.06. The minimum atomic E-state index is 0.168. The van der Waals surface area contributed by atoms with Gasteiger partial charge in [-0.25, -0.2) is 0 Å². The first kappa shape index (κ1) is 15.9. The van der Waals surface area contributed by atoms with Crippen molar-refractivity contribution in [3.63, 3.8) is 0 Å². The summed E-state index contributed by atoms with van der Waals surface area (Å²) in [6, 6.07) is 14.2. The van der Waals surface area contributed by atoms with Crippen molar-refractivity contribution in [1.82, 2.24) is 0 Å². The zero-order valence-corrected chi connectivity index (χ0v) is 15.2. The number of hydrogen-bond acceptors (Lipinski definition) is 2. The monoisotopic (exact) mass is 396 g/mol. The van der Waals surface area contributed by atoms with E-state index >= 15 is 0 Å². The van der Waals surface area contributed by atoms with E-state index in [2.05, 4.69) is 40.0 Å². The Hall–Kier alpha value is -1.03. The summed E-state index contributed by atoms with van der Waals surface area (Å²) in [5.74, 6) is 0.533. The molecule has 2 nitrogen and oxygen atoms in total. The Labute approximate surface area is 148 Å². The summed E-state index contributed by atoms with van der Waals surface area (Å²) in [6.07, 6.45) is 0. The minimum Gasteiger partial charge on any atom is -0.368 e. The van der Waals surface area contributed by atoms with Gasteiger partial charge in [0.1, 0.15) is 0 Å². The average Bonchev–Trinajstić information content (AvgIpc) is 2.65. The summed E-state index contributed by atoms with van der Waals surface area (Å²) in [4.78, 5) is 7.02. The lowest BCUT2D eigenvalue weighted by Gasteiger charge is -2.27. The van der Waals surface area contributed by atoms with E-state index in [1.807, 2.05) is 30.3 Å². The van der Waals surface area contributed by atoms with Gasteiger partial charge in [-0.05, 0) is 24.3 Å². The molecule has 0 aromatic heterocycles. The molecule has 0 aliphatic carbocycles. The van der Waals surface area contributed by atoms with E-state index in [9.17, 15) is 0 Å². The molecule has 1 unspecified atom stereocenters. The van der Waals surface area contributed by atoms with Gasteiger partial charge in [0.15, 0.2) is 0 Å². The van der Waals surface area contributed by atoms with Gasteiger partial charge >= 0.3 is 0 Å². The van der Waals surface area contributed by atoms with Gasteiger partial charge in [0.2, 0.25) is 0 Å². The first-order valence-corrected chi connectivity index (χ1v) is 8.70. The third-order valence-electron chi connectivity index (χ3n) is 3.91. The Morgan fingerprint density at radius 3 is 2.73 bits per heavy atom. The molecule has 3 rings (SSSR count). The van der Waals surface area contributed by atoms with Crippen molar-refractivity contribution in [2.45, 2.75) is 6.04 Å². The molecule has 22 heavy (non-hydrogen) atoms. The maximum absolute atomic E-state index is 6.39. The molecular formula is C17H15BrCl2N2. The van der Waals surface area contributed by atoms with Crippen molar-refractivity contribution < 1.29 is 0 Å². The Balaban J connectivity index is 2.22. The molecule has 114 valence electrons. The predicted octanol–water partition coefficient (Wildman–Crippen LogP) is 5.00. The molecule has 1 aliphatic heterocycles. The number of nitrogens with zero attached hydrogens (tertiary/aromatic N) is 2. The maximum atomic E-state index is 6.39. The largest absolute Gasteiger partial charge is 0.368 e. The predicted molar refractivity (Wildman–Crippen MR) is 99.0 cm³/mol. The lowest BCUT2D eigenvalue weighted by molar-refractivity contribution is 0.708. The van der Waals surface area contributed by atoms with Crippen LogP contribution >= 0.6 is 39.1 Å². The lowest BCUT2D eigenvalue weighted by atomic mass is 10.00. The smallest absolute Gasteiger partial charge is 0.0756 e. The number of fused-ring (bicyclic) bond motifs is 1. The molecule has 1 aliphatic rings. The number of alkyl halides is 1. The standard InChI is InChI=1S/C17H15BrCl2N2/c1-22-12(9-19)10-21-17(13-4-2-3-5-15(13)20)14-8-11(18)6-7-16(14)22/h2-8,12H,9-10H2,1H3. The van der Waals surface area contributed by atoms with Gasteiger partial charge in [-0.15, -0.1) is 11.6 Å². The van der Waals surface area contributed by atoms with Crippen molar-refractivity contribution in [2.24, 2.45) is 4.99 Å². The summed E-state index contributed by atoms with van der Waals surface area (Å²) in [5, 5.41) is 0.708. The molecule has 0 N–H and O–H groups in total. The Morgan fingerprint density at radius 2 is 2.00 bits per heavy atom. The maximum Gasteiger partial charge on any atom is 0.0756 e. The number of anilines is 1. The van der Waals surface area contributed by atoms with Crippen LogP contribution in [0.1, 0.15) is 11.1 Å². The first-order valence-electron chi connectivity index (χ1n) is 7.00. The zero-order valence-electron chi connectivity index (χ0n) is 12.1. The second-order valence-electron chi connectivity index (χ2n) is 5.25. The van der Waals surface area contributed by atoms with E-state index in [0.29, 0.717) is 17.4 Å². The quantitative estimate of drug-likeness (QED) is 0.651. The van der Waals surface area contributed by atoms with Gasteiger partial charge in [-0.1, -0.05) is 45.7 Å². The normalized spacial score (nSPS) is 17.7. The number of hydrogen-bond donors (Lipinski definition) is 0. The van der Waals surface area contributed by atoms with Crippen LogP contribution in [0.15, 0.2) is 51.9 Å². The van der Waals surface area contributed by atoms with Crippen LogP contribution in [0.4, 0.5) is 5.69 Å². The number of halogens is 3. The van der Waals surface area contributed by atoms with Crippen LogP contribution in [-0.4, -0.2) is 31.2 Å². The van der Waals surface area contributed by atoms with E-state index in [-0.39, 0.29) is 6.04 Å². The lowest BCUT2D eigenvalue weighted by Crippen LogP contribution is -2.35. The molecule has 2 aromatic carbocycles. The number of likely N-dealkylation sites (N-methyl/N-ethyl adjacent to an activating group) is 1. The molecule has 1 heterocycles. The highest BCUT2D eigenvalue weighted by molar-refractivity contribution is 9.10. The van der Waals surface area contributed by atoms with Crippen LogP contribution in [0, 0.1) is 0 Å². The molecule has 5 heteroatoms. The molecule has 0 fully saturated rings. The molecule has 0 radical (unpaired) electrons. The van der Waals surface area contributed by atoms with Crippen LogP contribution in [-0.2, 0) is 0 Å². The van der Waals surface area contributed by atoms with E-state index in [0.717, 1.165) is 27.0 Å². The van der Waals surface area contributed by atoms with E-state index in [4.69, 9.17) is 28.2 Å². The van der Waals surface area contributed by atoms with E-state index in [1.54, 1.807) is 0 Å². The number of benzene rings is 2. The average molecular weight is 398 g/mol. The van der Waals surface area contributed by atoms with Crippen LogP contribution in [0.5, 0.6) is 0 Å². The van der Waals surface area contributed by atoms with Gasteiger partial charge in [-0.3, -0.25) is 4.99 Å². The third kappa shape index (κ3) is 2.90. The number of aliphatic imine (C=N–C) groups is 1. The molecule has 2 aromatic rings. The second kappa shape index (κ2) is 6.61. The van der Waals surface area contributed by atoms with Gasteiger partial charge in [0.25, 0.3) is 0 Å². The molecule has 0 saturated heterocycles. The van der Waals surface area contributed by atoms with Crippen molar-refractivity contribution in [3.8, 4) is 0 Å². The summed E-state index contributed by atoms with van der Waals surface area (Å²) in [6.45, 7) is 0.646. The fourth-order valence-corrected chi connectivity index (χ4v) is 3.53. The Kier molecular flexibility index (Phi) is 4.76. The molecule has 0 bridgehead atoms. The SMILES string of the molecule is CN1c2ccc(Br)cc2C(c2ccccc2Cl)=NCC1CCl. The second-order valence-corrected chi connectivity index (χ2v) is 6.88. The molecule has 1 atom stereocenters. The van der Waals surface area contributed by atoms with Crippen LogP contribution in [0.25, 0.3) is 0 Å². The zero-order chi connectivity index (χ0) is 15.7. The van der Waals surface area contributed by atoms with Crippen LogP contribution in [0.3, 0.4) is 0 Å². The first-order chi connectivity index (χ1) is 10.6. The topological polar surface area (TPSA) is 15.6 Å². The third-order valence-corrected chi connectivity index (χ3v) is 5.09. The highest BCUT2D eigenvalue weighted by Crippen LogP contribution is 2.32. The summed E-state index contributed by atoms with van der Waals surface area (Å²) >= 11 is 16.1. The van der Waals surface area contributed by atoms with Gasteiger partial charge in [0, 0.05) is 39.2 Å². The Bertz CT molecular complexity index is 730. The molecule has 0 amide bonds. The van der Waals surface area contributed by atoms with Crippen LogP contribution in [0.2, 0.25) is 5.02 Å². The Morgan fingerprint density at radius 1 is 1.23 bits per heavy atom. The number of benzodiazepines with no additional fused rings is 1.